The number of fused-ring (bicyclic) bond motifs is 1. The predicted molar refractivity (Wildman–Crippen MR) is 74.6 cm³/mol. The van der Waals surface area contributed by atoms with Crippen molar-refractivity contribution in [2.24, 2.45) is 0 Å². The summed E-state index contributed by atoms with van der Waals surface area (Å²) in [6.07, 6.45) is -2.13. The largest absolute Gasteiger partial charge is 0.390 e. The lowest BCUT2D eigenvalue weighted by molar-refractivity contribution is -0.136. The molecule has 2 nitrogen and oxygen atoms in total. The zero-order valence-corrected chi connectivity index (χ0v) is 11.5. The Morgan fingerprint density at radius 1 is 1.20 bits per heavy atom. The van der Waals surface area contributed by atoms with Gasteiger partial charge in [0.2, 0.25) is 0 Å². The maximum Gasteiger partial charge on any atom is 0.390 e. The predicted octanol–water partition coefficient (Wildman–Crippen LogP) is 4.09. The van der Waals surface area contributed by atoms with Gasteiger partial charge >= 0.3 is 6.18 Å². The molecular weight excluding hydrogens is 265 g/mol. The summed E-state index contributed by atoms with van der Waals surface area (Å²) in [4.78, 5) is 0. The van der Waals surface area contributed by atoms with Crippen LogP contribution in [0.4, 0.5) is 13.2 Å². The van der Waals surface area contributed by atoms with Crippen molar-refractivity contribution in [3.63, 3.8) is 0 Å². The van der Waals surface area contributed by atoms with Crippen molar-refractivity contribution < 1.29 is 13.2 Å². The molecule has 0 spiro atoms. The van der Waals surface area contributed by atoms with Crippen molar-refractivity contribution in [3.8, 4) is 0 Å². The van der Waals surface area contributed by atoms with Crippen LogP contribution in [0, 0.1) is 0 Å². The fourth-order valence-electron chi connectivity index (χ4n) is 2.19. The van der Waals surface area contributed by atoms with E-state index >= 15 is 0 Å². The summed E-state index contributed by atoms with van der Waals surface area (Å²) in [5.74, 6) is 0. The molecule has 1 aromatic carbocycles. The van der Waals surface area contributed by atoms with E-state index < -0.39 is 12.6 Å². The first-order valence-corrected chi connectivity index (χ1v) is 6.85. The number of hydrogen-bond donors (Lipinski definition) is 1. The van der Waals surface area contributed by atoms with Crippen LogP contribution in [-0.2, 0) is 13.1 Å². The Bertz CT molecular complexity index is 558. The van der Waals surface area contributed by atoms with E-state index in [2.05, 4.69) is 12.2 Å². The quantitative estimate of drug-likeness (QED) is 0.790. The average molecular weight is 284 g/mol. The molecule has 0 aliphatic rings. The Morgan fingerprint density at radius 3 is 2.70 bits per heavy atom. The van der Waals surface area contributed by atoms with E-state index in [-0.39, 0.29) is 6.54 Å². The zero-order chi connectivity index (χ0) is 14.6. The molecule has 2 rings (SSSR count). The first-order valence-electron chi connectivity index (χ1n) is 6.85. The van der Waals surface area contributed by atoms with Crippen LogP contribution >= 0.6 is 0 Å². The minimum atomic E-state index is -4.11. The van der Waals surface area contributed by atoms with Gasteiger partial charge in [0, 0.05) is 24.8 Å². The molecule has 0 atom stereocenters. The molecule has 20 heavy (non-hydrogen) atoms. The molecule has 0 aliphatic carbocycles. The van der Waals surface area contributed by atoms with Crippen molar-refractivity contribution in [1.29, 1.82) is 0 Å². The smallest absolute Gasteiger partial charge is 0.347 e. The van der Waals surface area contributed by atoms with E-state index in [4.69, 9.17) is 0 Å². The molecule has 0 fully saturated rings. The standard InChI is InChI=1S/C15H19F3N2/c1-2-7-19-11-12-3-4-13-5-8-20(14(13)10-12)9-6-15(16,17)18/h3-5,8,10,19H,2,6-7,9,11H2,1H3. The monoisotopic (exact) mass is 284 g/mol. The summed E-state index contributed by atoms with van der Waals surface area (Å²) >= 11 is 0. The van der Waals surface area contributed by atoms with Gasteiger partial charge in [-0.1, -0.05) is 19.1 Å². The third-order valence-electron chi connectivity index (χ3n) is 3.23. The number of nitrogens with zero attached hydrogens (tertiary/aromatic N) is 1. The van der Waals surface area contributed by atoms with Gasteiger partial charge in [-0.2, -0.15) is 13.2 Å². The van der Waals surface area contributed by atoms with Gasteiger partial charge in [0.25, 0.3) is 0 Å². The number of hydrogen-bond acceptors (Lipinski definition) is 1. The van der Waals surface area contributed by atoms with Crippen molar-refractivity contribution in [1.82, 2.24) is 9.88 Å². The average Bonchev–Trinajstić information content (AvgIpc) is 2.78. The zero-order valence-electron chi connectivity index (χ0n) is 11.5. The molecule has 0 unspecified atom stereocenters. The molecule has 0 bridgehead atoms. The first-order chi connectivity index (χ1) is 9.49. The maximum absolute atomic E-state index is 12.3. The topological polar surface area (TPSA) is 17.0 Å². The van der Waals surface area contributed by atoms with Crippen LogP contribution in [0.15, 0.2) is 30.5 Å². The van der Waals surface area contributed by atoms with E-state index in [0.29, 0.717) is 0 Å². The fourth-order valence-corrected chi connectivity index (χ4v) is 2.19. The molecule has 0 saturated carbocycles. The highest BCUT2D eigenvalue weighted by molar-refractivity contribution is 5.80. The Morgan fingerprint density at radius 2 is 2.00 bits per heavy atom. The van der Waals surface area contributed by atoms with E-state index in [1.165, 1.54) is 0 Å². The van der Waals surface area contributed by atoms with Crippen LogP contribution in [0.1, 0.15) is 25.3 Å². The molecule has 110 valence electrons. The van der Waals surface area contributed by atoms with Crippen LogP contribution in [-0.4, -0.2) is 17.3 Å². The highest BCUT2D eigenvalue weighted by atomic mass is 19.4. The molecule has 2 aromatic rings. The van der Waals surface area contributed by atoms with Gasteiger partial charge in [0.1, 0.15) is 0 Å². The number of rotatable bonds is 6. The summed E-state index contributed by atoms with van der Waals surface area (Å²) in [5, 5.41) is 4.27. The van der Waals surface area contributed by atoms with Crippen molar-refractivity contribution in [2.45, 2.75) is 39.0 Å². The molecule has 0 saturated heterocycles. The number of alkyl halides is 3. The van der Waals surface area contributed by atoms with Gasteiger partial charge in [-0.25, -0.2) is 0 Å². The van der Waals surface area contributed by atoms with Crippen molar-refractivity contribution in [3.05, 3.63) is 36.0 Å². The van der Waals surface area contributed by atoms with Crippen LogP contribution in [0.2, 0.25) is 0 Å². The van der Waals surface area contributed by atoms with E-state index in [1.54, 1.807) is 10.8 Å². The van der Waals surface area contributed by atoms with Crippen LogP contribution < -0.4 is 5.32 Å². The Labute approximate surface area is 116 Å². The van der Waals surface area contributed by atoms with Crippen LogP contribution in [0.3, 0.4) is 0 Å². The number of aromatic nitrogens is 1. The molecular formula is C15H19F3N2. The van der Waals surface area contributed by atoms with Gasteiger partial charge in [-0.05, 0) is 36.0 Å². The third-order valence-corrected chi connectivity index (χ3v) is 3.23. The number of benzene rings is 1. The third kappa shape index (κ3) is 4.00. The Balaban J connectivity index is 2.13. The number of aryl methyl sites for hydroxylation is 1. The van der Waals surface area contributed by atoms with Gasteiger partial charge in [0.05, 0.1) is 6.42 Å². The second-order valence-corrected chi connectivity index (χ2v) is 4.94. The lowest BCUT2D eigenvalue weighted by Gasteiger charge is -2.09. The van der Waals surface area contributed by atoms with Crippen LogP contribution in [0.5, 0.6) is 0 Å². The highest BCUT2D eigenvalue weighted by Gasteiger charge is 2.26. The highest BCUT2D eigenvalue weighted by Crippen LogP contribution is 2.23. The molecule has 1 aromatic heterocycles. The molecule has 1 heterocycles. The normalized spacial score (nSPS) is 12.2. The van der Waals surface area contributed by atoms with Crippen molar-refractivity contribution >= 4 is 10.9 Å². The minimum absolute atomic E-state index is 0.0289. The van der Waals surface area contributed by atoms with E-state index in [9.17, 15) is 13.2 Å². The van der Waals surface area contributed by atoms with Crippen molar-refractivity contribution in [2.75, 3.05) is 6.54 Å². The molecule has 0 amide bonds. The second kappa shape index (κ2) is 6.31. The minimum Gasteiger partial charge on any atom is -0.347 e. The summed E-state index contributed by atoms with van der Waals surface area (Å²) < 4.78 is 38.6. The SMILES string of the molecule is CCCNCc1ccc2ccn(CCC(F)(F)F)c2c1. The molecule has 0 aliphatic heterocycles. The van der Waals surface area contributed by atoms with Gasteiger partial charge in [-0.15, -0.1) is 0 Å². The summed E-state index contributed by atoms with van der Waals surface area (Å²) in [6.45, 7) is 3.75. The summed E-state index contributed by atoms with van der Waals surface area (Å²) in [7, 11) is 0. The number of halogens is 3. The summed E-state index contributed by atoms with van der Waals surface area (Å²) in [6, 6.07) is 7.80. The second-order valence-electron chi connectivity index (χ2n) is 4.94. The van der Waals surface area contributed by atoms with Gasteiger partial charge in [-0.3, -0.25) is 0 Å². The maximum atomic E-state index is 12.3. The number of nitrogens with one attached hydrogen (secondary N) is 1. The first kappa shape index (κ1) is 14.9. The van der Waals surface area contributed by atoms with Gasteiger partial charge in [0.15, 0.2) is 0 Å². The Hall–Kier alpha value is -1.49. The van der Waals surface area contributed by atoms with Crippen LogP contribution in [0.25, 0.3) is 10.9 Å². The van der Waals surface area contributed by atoms with E-state index in [1.807, 2.05) is 24.3 Å². The lowest BCUT2D eigenvalue weighted by atomic mass is 10.1. The molecule has 1 N–H and O–H groups in total. The summed E-state index contributed by atoms with van der Waals surface area (Å²) in [5.41, 5.74) is 1.96. The van der Waals surface area contributed by atoms with Gasteiger partial charge < -0.3 is 9.88 Å². The van der Waals surface area contributed by atoms with E-state index in [0.717, 1.165) is 36.0 Å². The molecule has 5 heteroatoms. The Kier molecular flexibility index (Phi) is 4.70. The fraction of sp³-hybridized carbons (Fsp3) is 0.467. The molecule has 0 radical (unpaired) electrons. The lowest BCUT2D eigenvalue weighted by Crippen LogP contribution is -2.14.